The SMILES string of the molecule is OCCCN1COc2ccc(Cc3ccc4c(c3)CN(CCCO)CO4)cc2C1. The van der Waals surface area contributed by atoms with Gasteiger partial charge in [-0.05, 0) is 42.5 Å². The van der Waals surface area contributed by atoms with Gasteiger partial charge in [-0.2, -0.15) is 0 Å². The molecule has 0 spiro atoms. The van der Waals surface area contributed by atoms with Crippen molar-refractivity contribution in [1.29, 1.82) is 0 Å². The van der Waals surface area contributed by atoms with E-state index in [4.69, 9.17) is 19.7 Å². The second kappa shape index (κ2) is 9.59. The maximum atomic E-state index is 9.05. The molecular weight excluding hydrogens is 368 g/mol. The first-order valence-electron chi connectivity index (χ1n) is 10.4. The van der Waals surface area contributed by atoms with Crippen molar-refractivity contribution in [3.8, 4) is 11.5 Å². The maximum Gasteiger partial charge on any atom is 0.142 e. The quantitative estimate of drug-likeness (QED) is 0.712. The predicted molar refractivity (Wildman–Crippen MR) is 111 cm³/mol. The zero-order valence-corrected chi connectivity index (χ0v) is 16.8. The first kappa shape index (κ1) is 20.2. The lowest BCUT2D eigenvalue weighted by atomic mass is 9.99. The van der Waals surface area contributed by atoms with Crippen LogP contribution in [0.4, 0.5) is 0 Å². The van der Waals surface area contributed by atoms with E-state index in [0.29, 0.717) is 13.5 Å². The number of rotatable bonds is 8. The molecule has 0 bridgehead atoms. The standard InChI is InChI=1S/C23H30N2O4/c26-9-1-7-24-14-20-12-18(3-5-22(20)28-16-24)11-19-4-6-23-21(13-19)15-25(17-29-23)8-2-10-27/h3-6,12-13,26-27H,1-2,7-11,14-17H2. The number of ether oxygens (including phenoxy) is 2. The number of aliphatic hydroxyl groups is 2. The van der Waals surface area contributed by atoms with Crippen LogP contribution in [0, 0.1) is 0 Å². The third-order valence-corrected chi connectivity index (χ3v) is 5.52. The molecule has 4 rings (SSSR count). The number of fused-ring (bicyclic) bond motifs is 2. The molecule has 0 aromatic heterocycles. The van der Waals surface area contributed by atoms with Crippen molar-refractivity contribution in [2.24, 2.45) is 0 Å². The van der Waals surface area contributed by atoms with Crippen molar-refractivity contribution < 1.29 is 19.7 Å². The van der Waals surface area contributed by atoms with Gasteiger partial charge in [0.15, 0.2) is 0 Å². The molecule has 2 aliphatic heterocycles. The van der Waals surface area contributed by atoms with Crippen LogP contribution in [0.2, 0.25) is 0 Å². The van der Waals surface area contributed by atoms with Crippen LogP contribution in [-0.4, -0.2) is 59.8 Å². The van der Waals surface area contributed by atoms with Crippen molar-refractivity contribution in [2.75, 3.05) is 39.8 Å². The summed E-state index contributed by atoms with van der Waals surface area (Å²) in [4.78, 5) is 4.44. The van der Waals surface area contributed by atoms with Crippen LogP contribution in [-0.2, 0) is 19.5 Å². The lowest BCUT2D eigenvalue weighted by molar-refractivity contribution is 0.0883. The van der Waals surface area contributed by atoms with Crippen LogP contribution in [0.1, 0.15) is 35.1 Å². The molecule has 6 nitrogen and oxygen atoms in total. The molecule has 0 saturated carbocycles. The molecule has 0 atom stereocenters. The van der Waals surface area contributed by atoms with Crippen LogP contribution in [0.25, 0.3) is 0 Å². The summed E-state index contributed by atoms with van der Waals surface area (Å²) in [5.74, 6) is 1.93. The Balaban J connectivity index is 1.44. The molecule has 0 radical (unpaired) electrons. The number of benzene rings is 2. The fourth-order valence-electron chi connectivity index (χ4n) is 4.02. The average molecular weight is 399 g/mol. The van der Waals surface area contributed by atoms with Crippen molar-refractivity contribution in [2.45, 2.75) is 32.4 Å². The Morgan fingerprint density at radius 1 is 0.724 bits per heavy atom. The van der Waals surface area contributed by atoms with Gasteiger partial charge >= 0.3 is 0 Å². The van der Waals surface area contributed by atoms with Crippen molar-refractivity contribution >= 4 is 0 Å². The predicted octanol–water partition coefficient (Wildman–Crippen LogP) is 2.35. The van der Waals surface area contributed by atoms with Crippen LogP contribution in [0.3, 0.4) is 0 Å². The molecule has 2 aliphatic rings. The van der Waals surface area contributed by atoms with E-state index in [0.717, 1.165) is 56.9 Å². The second-order valence-corrected chi connectivity index (χ2v) is 7.87. The summed E-state index contributed by atoms with van der Waals surface area (Å²) >= 11 is 0. The Hall–Kier alpha value is -2.12. The third kappa shape index (κ3) is 5.08. The summed E-state index contributed by atoms with van der Waals surface area (Å²) in [5, 5.41) is 18.1. The van der Waals surface area contributed by atoms with Gasteiger partial charge in [-0.15, -0.1) is 0 Å². The van der Waals surface area contributed by atoms with Gasteiger partial charge in [0.25, 0.3) is 0 Å². The summed E-state index contributed by atoms with van der Waals surface area (Å²) in [5.41, 5.74) is 4.96. The van der Waals surface area contributed by atoms with Gasteiger partial charge in [-0.1, -0.05) is 24.3 Å². The van der Waals surface area contributed by atoms with Gasteiger partial charge in [0.2, 0.25) is 0 Å². The maximum absolute atomic E-state index is 9.05. The van der Waals surface area contributed by atoms with Gasteiger partial charge in [0.1, 0.15) is 25.0 Å². The fourth-order valence-corrected chi connectivity index (χ4v) is 4.02. The first-order valence-corrected chi connectivity index (χ1v) is 10.4. The molecule has 0 fully saturated rings. The Kier molecular flexibility index (Phi) is 6.67. The van der Waals surface area contributed by atoms with Gasteiger partial charge in [-0.3, -0.25) is 9.80 Å². The Bertz CT molecular complexity index is 759. The number of aliphatic hydroxyl groups excluding tert-OH is 2. The van der Waals surface area contributed by atoms with Gasteiger partial charge in [0.05, 0.1) is 0 Å². The molecule has 2 heterocycles. The molecule has 156 valence electrons. The number of hydrogen-bond donors (Lipinski definition) is 2. The van der Waals surface area contributed by atoms with Crippen LogP contribution < -0.4 is 9.47 Å². The molecule has 6 heteroatoms. The highest BCUT2D eigenvalue weighted by Gasteiger charge is 2.19. The first-order chi connectivity index (χ1) is 14.2. The van der Waals surface area contributed by atoms with Crippen molar-refractivity contribution in [3.63, 3.8) is 0 Å². The monoisotopic (exact) mass is 398 g/mol. The molecular formula is C23H30N2O4. The Morgan fingerprint density at radius 3 is 1.66 bits per heavy atom. The minimum atomic E-state index is 0.211. The van der Waals surface area contributed by atoms with Gasteiger partial charge in [0, 0.05) is 50.5 Å². The summed E-state index contributed by atoms with van der Waals surface area (Å²) < 4.78 is 11.7. The normalized spacial score (nSPS) is 16.6. The molecule has 2 N–H and O–H groups in total. The van der Waals surface area contributed by atoms with Gasteiger partial charge in [-0.25, -0.2) is 0 Å². The highest BCUT2D eigenvalue weighted by Crippen LogP contribution is 2.29. The molecule has 0 unspecified atom stereocenters. The molecule has 2 aromatic carbocycles. The van der Waals surface area contributed by atoms with Crippen molar-refractivity contribution in [1.82, 2.24) is 9.80 Å². The largest absolute Gasteiger partial charge is 0.478 e. The van der Waals surface area contributed by atoms with E-state index in [1.165, 1.54) is 22.3 Å². The Morgan fingerprint density at radius 2 is 1.21 bits per heavy atom. The van der Waals surface area contributed by atoms with Crippen LogP contribution in [0.5, 0.6) is 11.5 Å². The minimum Gasteiger partial charge on any atom is -0.478 e. The zero-order valence-electron chi connectivity index (χ0n) is 16.8. The smallest absolute Gasteiger partial charge is 0.142 e. The number of hydrogen-bond acceptors (Lipinski definition) is 6. The van der Waals surface area contributed by atoms with Gasteiger partial charge < -0.3 is 19.7 Å². The summed E-state index contributed by atoms with van der Waals surface area (Å²) in [7, 11) is 0. The van der Waals surface area contributed by atoms with Crippen LogP contribution >= 0.6 is 0 Å². The number of nitrogens with zero attached hydrogens (tertiary/aromatic N) is 2. The molecule has 2 aromatic rings. The molecule has 29 heavy (non-hydrogen) atoms. The topological polar surface area (TPSA) is 65.4 Å². The lowest BCUT2D eigenvalue weighted by Gasteiger charge is -2.29. The summed E-state index contributed by atoms with van der Waals surface area (Å²) in [6.07, 6.45) is 2.41. The van der Waals surface area contributed by atoms with Crippen molar-refractivity contribution in [3.05, 3.63) is 58.7 Å². The molecule has 0 saturated heterocycles. The third-order valence-electron chi connectivity index (χ3n) is 5.52. The lowest BCUT2D eigenvalue weighted by Crippen LogP contribution is -2.33. The zero-order chi connectivity index (χ0) is 20.1. The highest BCUT2D eigenvalue weighted by molar-refractivity contribution is 5.43. The van der Waals surface area contributed by atoms with E-state index in [1.807, 2.05) is 0 Å². The van der Waals surface area contributed by atoms with E-state index < -0.39 is 0 Å². The minimum absolute atomic E-state index is 0.211. The highest BCUT2D eigenvalue weighted by atomic mass is 16.5. The van der Waals surface area contributed by atoms with E-state index in [1.54, 1.807) is 0 Å². The second-order valence-electron chi connectivity index (χ2n) is 7.87. The van der Waals surface area contributed by atoms with E-state index >= 15 is 0 Å². The average Bonchev–Trinajstić information content (AvgIpc) is 2.75. The van der Waals surface area contributed by atoms with E-state index in [2.05, 4.69) is 46.2 Å². The van der Waals surface area contributed by atoms with E-state index in [9.17, 15) is 0 Å². The fraction of sp³-hybridized carbons (Fsp3) is 0.478. The van der Waals surface area contributed by atoms with Crippen LogP contribution in [0.15, 0.2) is 36.4 Å². The molecule has 0 aliphatic carbocycles. The molecule has 0 amide bonds. The Labute approximate surface area is 172 Å². The van der Waals surface area contributed by atoms with E-state index in [-0.39, 0.29) is 13.2 Å². The summed E-state index contributed by atoms with van der Waals surface area (Å²) in [6.45, 7) is 5.01. The summed E-state index contributed by atoms with van der Waals surface area (Å²) in [6, 6.07) is 12.9.